The van der Waals surface area contributed by atoms with Gasteiger partial charge in [0.15, 0.2) is 11.6 Å². The number of aryl methyl sites for hydroxylation is 1. The smallest absolute Gasteiger partial charge is 0.292 e. The number of hydrogen-bond donors (Lipinski definition) is 3. The van der Waals surface area contributed by atoms with Gasteiger partial charge in [0.1, 0.15) is 23.2 Å². The molecule has 0 radical (unpaired) electrons. The van der Waals surface area contributed by atoms with Crippen LogP contribution in [0.5, 0.6) is 5.75 Å². The molecule has 0 aliphatic rings. The van der Waals surface area contributed by atoms with Crippen molar-refractivity contribution in [2.75, 3.05) is 11.9 Å². The predicted molar refractivity (Wildman–Crippen MR) is 147 cm³/mol. The van der Waals surface area contributed by atoms with Crippen LogP contribution in [-0.4, -0.2) is 38.0 Å². The van der Waals surface area contributed by atoms with Crippen molar-refractivity contribution in [1.29, 1.82) is 5.26 Å². The summed E-state index contributed by atoms with van der Waals surface area (Å²) in [6.07, 6.45) is 7.28. The molecule has 0 bridgehead atoms. The lowest BCUT2D eigenvalue weighted by Gasteiger charge is -2.14. The van der Waals surface area contributed by atoms with E-state index in [2.05, 4.69) is 26.7 Å². The van der Waals surface area contributed by atoms with Crippen LogP contribution in [0.1, 0.15) is 32.9 Å². The molecule has 0 fully saturated rings. The Morgan fingerprint density at radius 1 is 1.07 bits per heavy atom. The molecule has 41 heavy (non-hydrogen) atoms. The number of carbonyl (C=O) groups excluding carboxylic acids is 2. The standard InChI is InChI=1S/C30H23FN6O4/c31-21-7-8-22(26(38)15-21)25-16-23(24(17-32)28(35-25)36-30(40)27-6-2-13-41-27)19-4-1-5-20(14-19)29(39)34-9-3-11-37-12-10-33-18-37/h1-2,4-8,10,12-16,18,38H,3,9,11H2,(H,34,39)(H,35,36,40). The van der Waals surface area contributed by atoms with Crippen LogP contribution in [0, 0.1) is 17.1 Å². The van der Waals surface area contributed by atoms with Crippen LogP contribution in [0.15, 0.2) is 90.1 Å². The summed E-state index contributed by atoms with van der Waals surface area (Å²) in [5.41, 5.74) is 1.56. The summed E-state index contributed by atoms with van der Waals surface area (Å²) in [5, 5.41) is 26.0. The molecule has 2 amide bonds. The average Bonchev–Trinajstić information content (AvgIpc) is 3.70. The van der Waals surface area contributed by atoms with E-state index in [1.54, 1.807) is 42.9 Å². The molecular formula is C30H23FN6O4. The van der Waals surface area contributed by atoms with Crippen molar-refractivity contribution in [3.05, 3.63) is 108 Å². The molecule has 2 aromatic carbocycles. The number of nitrogens with one attached hydrogen (secondary N) is 2. The molecular weight excluding hydrogens is 527 g/mol. The lowest BCUT2D eigenvalue weighted by molar-refractivity contribution is 0.0951. The van der Waals surface area contributed by atoms with Crippen molar-refractivity contribution >= 4 is 17.6 Å². The zero-order valence-electron chi connectivity index (χ0n) is 21.5. The first-order chi connectivity index (χ1) is 19.9. The second-order valence-corrected chi connectivity index (χ2v) is 8.97. The highest BCUT2D eigenvalue weighted by atomic mass is 19.1. The number of rotatable bonds is 9. The maximum Gasteiger partial charge on any atom is 0.292 e. The molecule has 3 heterocycles. The van der Waals surface area contributed by atoms with Crippen molar-refractivity contribution in [3.63, 3.8) is 0 Å². The van der Waals surface area contributed by atoms with Gasteiger partial charge in [0.25, 0.3) is 11.8 Å². The average molecular weight is 551 g/mol. The Morgan fingerprint density at radius 2 is 1.95 bits per heavy atom. The number of aromatic nitrogens is 3. The Balaban J connectivity index is 1.49. The third kappa shape index (κ3) is 6.12. The molecule has 204 valence electrons. The van der Waals surface area contributed by atoms with Gasteiger partial charge < -0.3 is 24.7 Å². The molecule has 0 unspecified atom stereocenters. The quantitative estimate of drug-likeness (QED) is 0.219. The number of carbonyl (C=O) groups is 2. The summed E-state index contributed by atoms with van der Waals surface area (Å²) in [5.74, 6) is -2.06. The van der Waals surface area contributed by atoms with E-state index >= 15 is 0 Å². The van der Waals surface area contributed by atoms with E-state index in [1.165, 1.54) is 24.5 Å². The number of hydrogen-bond acceptors (Lipinski definition) is 7. The van der Waals surface area contributed by atoms with Crippen LogP contribution in [0.4, 0.5) is 10.2 Å². The van der Waals surface area contributed by atoms with Gasteiger partial charge in [-0.1, -0.05) is 12.1 Å². The normalized spacial score (nSPS) is 10.6. The summed E-state index contributed by atoms with van der Waals surface area (Å²) in [7, 11) is 0. The van der Waals surface area contributed by atoms with Gasteiger partial charge in [0.05, 0.1) is 18.3 Å². The van der Waals surface area contributed by atoms with Crippen LogP contribution in [0.3, 0.4) is 0 Å². The number of phenolic OH excluding ortho intramolecular Hbond substituents is 1. The number of nitrogens with zero attached hydrogens (tertiary/aromatic N) is 4. The Labute approximate surface area is 233 Å². The molecule has 3 aromatic heterocycles. The zero-order valence-corrected chi connectivity index (χ0v) is 21.5. The molecule has 3 N–H and O–H groups in total. The van der Waals surface area contributed by atoms with E-state index in [0.29, 0.717) is 36.2 Å². The minimum atomic E-state index is -0.644. The van der Waals surface area contributed by atoms with E-state index in [0.717, 1.165) is 12.1 Å². The molecule has 5 aromatic rings. The third-order valence-electron chi connectivity index (χ3n) is 6.22. The molecule has 10 nitrogen and oxygen atoms in total. The van der Waals surface area contributed by atoms with Crippen LogP contribution in [-0.2, 0) is 6.54 Å². The highest BCUT2D eigenvalue weighted by Crippen LogP contribution is 2.36. The number of benzene rings is 2. The molecule has 5 rings (SSSR count). The summed E-state index contributed by atoms with van der Waals surface area (Å²) in [6, 6.07) is 16.7. The number of aromatic hydroxyl groups is 1. The monoisotopic (exact) mass is 550 g/mol. The largest absolute Gasteiger partial charge is 0.507 e. The summed E-state index contributed by atoms with van der Waals surface area (Å²) >= 11 is 0. The Morgan fingerprint density at radius 3 is 2.68 bits per heavy atom. The molecule has 0 aliphatic carbocycles. The van der Waals surface area contributed by atoms with Crippen molar-refractivity contribution in [1.82, 2.24) is 19.9 Å². The first-order valence-electron chi connectivity index (χ1n) is 12.6. The first kappa shape index (κ1) is 26.8. The summed E-state index contributed by atoms with van der Waals surface area (Å²) in [4.78, 5) is 34.1. The van der Waals surface area contributed by atoms with Crippen molar-refractivity contribution < 1.29 is 23.5 Å². The second-order valence-electron chi connectivity index (χ2n) is 8.97. The van der Waals surface area contributed by atoms with Gasteiger partial charge in [-0.15, -0.1) is 0 Å². The minimum Gasteiger partial charge on any atom is -0.507 e. The number of phenols is 1. The van der Waals surface area contributed by atoms with Gasteiger partial charge in [0.2, 0.25) is 0 Å². The fourth-order valence-corrected chi connectivity index (χ4v) is 4.23. The van der Waals surface area contributed by atoms with E-state index in [-0.39, 0.29) is 40.1 Å². The van der Waals surface area contributed by atoms with Crippen LogP contribution < -0.4 is 10.6 Å². The topological polar surface area (TPSA) is 146 Å². The molecule has 0 saturated heterocycles. The van der Waals surface area contributed by atoms with Gasteiger partial charge in [-0.3, -0.25) is 9.59 Å². The van der Waals surface area contributed by atoms with E-state index in [9.17, 15) is 24.3 Å². The number of pyridine rings is 1. The van der Waals surface area contributed by atoms with Gasteiger partial charge >= 0.3 is 0 Å². The van der Waals surface area contributed by atoms with E-state index < -0.39 is 11.7 Å². The maximum absolute atomic E-state index is 13.7. The molecule has 0 saturated carbocycles. The first-order valence-corrected chi connectivity index (χ1v) is 12.6. The molecule has 11 heteroatoms. The minimum absolute atomic E-state index is 0.000945. The van der Waals surface area contributed by atoms with Gasteiger partial charge in [-0.2, -0.15) is 5.26 Å². The number of amides is 2. The van der Waals surface area contributed by atoms with Gasteiger partial charge in [-0.05, 0) is 54.4 Å². The molecule has 0 spiro atoms. The number of furan rings is 1. The van der Waals surface area contributed by atoms with E-state index in [4.69, 9.17) is 4.42 Å². The van der Waals surface area contributed by atoms with Crippen molar-refractivity contribution in [3.8, 4) is 34.2 Å². The SMILES string of the molecule is N#Cc1c(-c2cccc(C(=O)NCCCn3ccnc3)c2)cc(-c2ccc(F)cc2O)nc1NC(=O)c1ccco1. The predicted octanol–water partition coefficient (Wildman–Crippen LogP) is 4.99. The highest BCUT2D eigenvalue weighted by Gasteiger charge is 2.21. The van der Waals surface area contributed by atoms with Gasteiger partial charge in [0, 0.05) is 48.2 Å². The van der Waals surface area contributed by atoms with Crippen LogP contribution in [0.2, 0.25) is 0 Å². The van der Waals surface area contributed by atoms with Crippen LogP contribution in [0.25, 0.3) is 22.4 Å². The lowest BCUT2D eigenvalue weighted by atomic mass is 9.96. The Kier molecular flexibility index (Phi) is 7.83. The number of halogens is 1. The highest BCUT2D eigenvalue weighted by molar-refractivity contribution is 6.03. The van der Waals surface area contributed by atoms with Gasteiger partial charge in [-0.25, -0.2) is 14.4 Å². The molecule has 0 atom stereocenters. The van der Waals surface area contributed by atoms with Crippen molar-refractivity contribution in [2.24, 2.45) is 0 Å². The zero-order chi connectivity index (χ0) is 28.8. The van der Waals surface area contributed by atoms with Crippen molar-refractivity contribution in [2.45, 2.75) is 13.0 Å². The lowest BCUT2D eigenvalue weighted by Crippen LogP contribution is -2.25. The second kappa shape index (κ2) is 12.0. The maximum atomic E-state index is 13.7. The fraction of sp³-hybridized carbons (Fsp3) is 0.100. The Bertz CT molecular complexity index is 1740. The number of imidazole rings is 1. The van der Waals surface area contributed by atoms with Crippen LogP contribution >= 0.6 is 0 Å². The number of nitriles is 1. The van der Waals surface area contributed by atoms with E-state index in [1.807, 2.05) is 10.8 Å². The Hall–Kier alpha value is -5.76. The third-order valence-corrected chi connectivity index (χ3v) is 6.22. The number of anilines is 1. The summed E-state index contributed by atoms with van der Waals surface area (Å²) in [6.45, 7) is 1.14. The summed E-state index contributed by atoms with van der Waals surface area (Å²) < 4.78 is 20.8. The molecule has 0 aliphatic heterocycles. The fourth-order valence-electron chi connectivity index (χ4n) is 4.23.